The zero-order valence-corrected chi connectivity index (χ0v) is 16.2. The van der Waals surface area contributed by atoms with E-state index in [9.17, 15) is 5.26 Å². The summed E-state index contributed by atoms with van der Waals surface area (Å²) in [5.41, 5.74) is 3.65. The van der Waals surface area contributed by atoms with E-state index in [4.69, 9.17) is 27.9 Å². The van der Waals surface area contributed by atoms with E-state index in [0.717, 1.165) is 50.0 Å². The van der Waals surface area contributed by atoms with Crippen LogP contribution in [0.3, 0.4) is 0 Å². The number of hydrogen-bond donors (Lipinski definition) is 0. The summed E-state index contributed by atoms with van der Waals surface area (Å²) >= 11 is 12.1. The summed E-state index contributed by atoms with van der Waals surface area (Å²) in [6.07, 6.45) is 3.98. The second kappa shape index (κ2) is 6.29. The fraction of sp³-hybridized carbons (Fsp3) is 0.421. The maximum atomic E-state index is 9.21. The monoisotopic (exact) mass is 398 g/mol. The highest BCUT2D eigenvalue weighted by Gasteiger charge is 2.54. The van der Waals surface area contributed by atoms with Crippen LogP contribution in [0.1, 0.15) is 24.0 Å². The Bertz CT molecular complexity index is 949. The van der Waals surface area contributed by atoms with Gasteiger partial charge in [0.05, 0.1) is 5.69 Å². The molecular weight excluding hydrogens is 382 g/mol. The summed E-state index contributed by atoms with van der Waals surface area (Å²) in [5.74, 6) is 3.36. The highest BCUT2D eigenvalue weighted by molar-refractivity contribution is 6.67. The van der Waals surface area contributed by atoms with Crippen LogP contribution >= 0.6 is 23.2 Å². The van der Waals surface area contributed by atoms with E-state index >= 15 is 0 Å². The minimum absolute atomic E-state index is 0.0863. The molecule has 2 aromatic rings. The maximum absolute atomic E-state index is 9.21. The number of anilines is 1. The number of nitrogens with zero attached hydrogens (tertiary/aromatic N) is 4. The zero-order valence-electron chi connectivity index (χ0n) is 14.7. The molecule has 1 saturated carbocycles. The zero-order chi connectivity index (χ0) is 18.6. The van der Waals surface area contributed by atoms with Crippen LogP contribution in [0.25, 0.3) is 0 Å². The lowest BCUT2D eigenvalue weighted by molar-refractivity contribution is -0.0343. The molecular formula is C19H17BCl2N4O. The van der Waals surface area contributed by atoms with E-state index in [1.165, 1.54) is 11.1 Å². The van der Waals surface area contributed by atoms with Crippen molar-refractivity contribution in [1.29, 1.82) is 5.26 Å². The van der Waals surface area contributed by atoms with Gasteiger partial charge < -0.3 is 9.64 Å². The van der Waals surface area contributed by atoms with Crippen molar-refractivity contribution < 1.29 is 4.74 Å². The molecule has 3 aliphatic rings. The number of hydrogen-bond acceptors (Lipinski definition) is 5. The molecule has 3 heterocycles. The number of rotatable bonds is 3. The molecule has 1 aromatic carbocycles. The third kappa shape index (κ3) is 2.94. The molecule has 2 aliphatic heterocycles. The van der Waals surface area contributed by atoms with Crippen molar-refractivity contribution in [2.45, 2.75) is 31.6 Å². The van der Waals surface area contributed by atoms with Gasteiger partial charge >= 0.3 is 0 Å². The second-order valence-corrected chi connectivity index (χ2v) is 8.72. The molecule has 5 rings (SSSR count). The van der Waals surface area contributed by atoms with Gasteiger partial charge in [-0.15, -0.1) is 10.2 Å². The van der Waals surface area contributed by atoms with Crippen LogP contribution in [0.4, 0.5) is 5.69 Å². The van der Waals surface area contributed by atoms with Gasteiger partial charge in [-0.25, -0.2) is 5.26 Å². The number of nitriles is 1. The predicted octanol–water partition coefficient (Wildman–Crippen LogP) is 3.57. The van der Waals surface area contributed by atoms with Gasteiger partial charge in [-0.1, -0.05) is 35.3 Å². The molecule has 0 N–H and O–H groups in total. The molecule has 27 heavy (non-hydrogen) atoms. The Kier molecular flexibility index (Phi) is 4.00. The minimum atomic E-state index is 0.0863. The van der Waals surface area contributed by atoms with Crippen molar-refractivity contribution in [3.05, 3.63) is 45.7 Å². The van der Waals surface area contributed by atoms with Crippen molar-refractivity contribution in [3.8, 4) is 11.7 Å². The molecule has 5 nitrogen and oxygen atoms in total. The molecule has 0 radical (unpaired) electrons. The average Bonchev–Trinajstić information content (AvgIpc) is 3.02. The molecule has 2 fully saturated rings. The Morgan fingerprint density at radius 2 is 2.04 bits per heavy atom. The van der Waals surface area contributed by atoms with Crippen molar-refractivity contribution in [2.24, 2.45) is 5.41 Å². The van der Waals surface area contributed by atoms with Gasteiger partial charge in [0.15, 0.2) is 10.3 Å². The highest BCUT2D eigenvalue weighted by Crippen LogP contribution is 2.52. The molecule has 0 amide bonds. The Morgan fingerprint density at radius 3 is 2.81 bits per heavy atom. The molecule has 1 aromatic heterocycles. The number of aromatic nitrogens is 2. The lowest BCUT2D eigenvalue weighted by atomic mass is 9.49. The summed E-state index contributed by atoms with van der Waals surface area (Å²) in [6.45, 7) is 1.97. The summed E-state index contributed by atoms with van der Waals surface area (Å²) in [4.78, 5) is 2.21. The molecule has 0 atom stereocenters. The fourth-order valence-corrected chi connectivity index (χ4v) is 5.10. The van der Waals surface area contributed by atoms with Crippen LogP contribution in [0.15, 0.2) is 24.3 Å². The number of fused-ring (bicyclic) bond motifs is 1. The topological polar surface area (TPSA) is 62.0 Å². The first-order chi connectivity index (χ1) is 13.0. The highest BCUT2D eigenvalue weighted by atomic mass is 35.5. The van der Waals surface area contributed by atoms with Crippen LogP contribution < -0.4 is 9.64 Å². The second-order valence-electron chi connectivity index (χ2n) is 7.98. The van der Waals surface area contributed by atoms with Gasteiger partial charge in [0.1, 0.15) is 11.9 Å². The van der Waals surface area contributed by atoms with E-state index in [1.54, 1.807) is 6.07 Å². The molecule has 1 saturated heterocycles. The van der Waals surface area contributed by atoms with E-state index in [1.807, 2.05) is 12.1 Å². The smallest absolute Gasteiger partial charge is 0.276 e. The Morgan fingerprint density at radius 1 is 1.22 bits per heavy atom. The standard InChI is InChI=1S/C19H17BCl2N4O/c21-17-4-15(18(22)25-24-17)26-9-19(10-26)5-13(6-19)27-16-3-1-2-12-7-20(11-23)8-14(12)16/h1-4,13H,5-10H2. The average molecular weight is 399 g/mol. The van der Waals surface area contributed by atoms with Gasteiger partial charge in [0.25, 0.3) is 6.71 Å². The van der Waals surface area contributed by atoms with E-state index in [2.05, 4.69) is 27.1 Å². The quantitative estimate of drug-likeness (QED) is 0.739. The predicted molar refractivity (Wildman–Crippen MR) is 106 cm³/mol. The van der Waals surface area contributed by atoms with Gasteiger partial charge in [-0.05, 0) is 42.7 Å². The van der Waals surface area contributed by atoms with Crippen LogP contribution in [0.2, 0.25) is 10.3 Å². The third-order valence-electron chi connectivity index (χ3n) is 6.04. The minimum Gasteiger partial charge on any atom is -0.490 e. The number of ether oxygens (including phenoxy) is 1. The molecule has 0 unspecified atom stereocenters. The van der Waals surface area contributed by atoms with Gasteiger partial charge in [0, 0.05) is 30.5 Å². The van der Waals surface area contributed by atoms with Crippen LogP contribution in [0, 0.1) is 16.6 Å². The van der Waals surface area contributed by atoms with Crippen LogP contribution in [-0.2, 0) is 12.6 Å². The molecule has 1 aliphatic carbocycles. The largest absolute Gasteiger partial charge is 0.490 e. The lowest BCUT2D eigenvalue weighted by Gasteiger charge is -2.59. The Labute approximate surface area is 168 Å². The normalized spacial score (nSPS) is 20.0. The summed E-state index contributed by atoms with van der Waals surface area (Å²) in [5, 5.41) is 17.6. The van der Waals surface area contributed by atoms with E-state index < -0.39 is 0 Å². The molecule has 8 heteroatoms. The Balaban J connectivity index is 1.21. The molecule has 136 valence electrons. The fourth-order valence-electron chi connectivity index (χ4n) is 4.75. The lowest BCUT2D eigenvalue weighted by Crippen LogP contribution is -2.65. The Hall–Kier alpha value is -1.97. The number of halogens is 2. The van der Waals surface area contributed by atoms with E-state index in [-0.39, 0.29) is 12.8 Å². The third-order valence-corrected chi connectivity index (χ3v) is 6.49. The van der Waals surface area contributed by atoms with Gasteiger partial charge in [-0.2, -0.15) is 0 Å². The first-order valence-electron chi connectivity index (χ1n) is 9.16. The summed E-state index contributed by atoms with van der Waals surface area (Å²) in [6, 6.07) is 7.97. The van der Waals surface area contributed by atoms with Crippen molar-refractivity contribution in [1.82, 2.24) is 10.2 Å². The van der Waals surface area contributed by atoms with Gasteiger partial charge in [-0.3, -0.25) is 0 Å². The van der Waals surface area contributed by atoms with E-state index in [0.29, 0.717) is 15.7 Å². The van der Waals surface area contributed by atoms with Crippen LogP contribution in [0.5, 0.6) is 5.75 Å². The molecule has 0 bridgehead atoms. The van der Waals surface area contributed by atoms with Crippen molar-refractivity contribution in [2.75, 3.05) is 18.0 Å². The molecule has 1 spiro atoms. The van der Waals surface area contributed by atoms with Crippen LogP contribution in [-0.4, -0.2) is 36.1 Å². The first-order valence-corrected chi connectivity index (χ1v) is 9.91. The van der Waals surface area contributed by atoms with Gasteiger partial charge in [0.2, 0.25) is 0 Å². The summed E-state index contributed by atoms with van der Waals surface area (Å²) < 4.78 is 6.30. The SMILES string of the molecule is N#CB1Cc2cccc(OC3CC4(C3)CN(c3cc(Cl)nnc3Cl)C4)c2C1. The van der Waals surface area contributed by atoms with Crippen molar-refractivity contribution in [3.63, 3.8) is 0 Å². The maximum Gasteiger partial charge on any atom is 0.276 e. The van der Waals surface area contributed by atoms with Crippen molar-refractivity contribution >= 4 is 35.6 Å². The first kappa shape index (κ1) is 17.2. The number of benzene rings is 1. The summed E-state index contributed by atoms with van der Waals surface area (Å²) in [7, 11) is 0.